The fourth-order valence-corrected chi connectivity index (χ4v) is 2.08. The summed E-state index contributed by atoms with van der Waals surface area (Å²) in [7, 11) is 3.77. The van der Waals surface area contributed by atoms with Gasteiger partial charge in [-0.15, -0.1) is 0 Å². The lowest BCUT2D eigenvalue weighted by Gasteiger charge is -2.27. The average molecular weight is 238 g/mol. The summed E-state index contributed by atoms with van der Waals surface area (Å²) >= 11 is 0. The van der Waals surface area contributed by atoms with Crippen LogP contribution in [-0.4, -0.2) is 36.3 Å². The van der Waals surface area contributed by atoms with Crippen LogP contribution < -0.4 is 10.2 Å². The molecular formula is C12H19FN4. The molecule has 1 aliphatic carbocycles. The molecule has 0 aromatic carbocycles. The smallest absolute Gasteiger partial charge is 0.226 e. The van der Waals surface area contributed by atoms with Gasteiger partial charge in [-0.3, -0.25) is 0 Å². The molecule has 0 bridgehead atoms. The zero-order valence-corrected chi connectivity index (χ0v) is 10.4. The summed E-state index contributed by atoms with van der Waals surface area (Å²) in [5.74, 6) is 1.35. The van der Waals surface area contributed by atoms with Gasteiger partial charge in [0.2, 0.25) is 5.95 Å². The number of rotatable bonds is 3. The number of nitrogens with zero attached hydrogens (tertiary/aromatic N) is 3. The lowest BCUT2D eigenvalue weighted by Crippen LogP contribution is -2.34. The van der Waals surface area contributed by atoms with E-state index in [1.165, 1.54) is 0 Å². The summed E-state index contributed by atoms with van der Waals surface area (Å²) < 4.78 is 13.7. The SMILES string of the molecule is CN(C)c1nccc(N[C@@H]2CCCC[C@H]2F)n1. The van der Waals surface area contributed by atoms with Crippen molar-refractivity contribution < 1.29 is 4.39 Å². The van der Waals surface area contributed by atoms with Crippen molar-refractivity contribution in [3.05, 3.63) is 12.3 Å². The van der Waals surface area contributed by atoms with Crippen LogP contribution in [0.25, 0.3) is 0 Å². The van der Waals surface area contributed by atoms with Crippen LogP contribution in [0.4, 0.5) is 16.2 Å². The Hall–Kier alpha value is -1.39. The van der Waals surface area contributed by atoms with Gasteiger partial charge in [-0.1, -0.05) is 12.8 Å². The normalized spacial score (nSPS) is 24.4. The molecule has 1 aromatic heterocycles. The molecule has 1 saturated carbocycles. The second-order valence-corrected chi connectivity index (χ2v) is 4.69. The van der Waals surface area contributed by atoms with Crippen LogP contribution in [0.2, 0.25) is 0 Å². The minimum absolute atomic E-state index is 0.103. The third kappa shape index (κ3) is 3.05. The van der Waals surface area contributed by atoms with Crippen molar-refractivity contribution in [2.45, 2.75) is 37.9 Å². The molecular weight excluding hydrogens is 219 g/mol. The first-order valence-electron chi connectivity index (χ1n) is 6.08. The summed E-state index contributed by atoms with van der Waals surface area (Å²) in [5.41, 5.74) is 0. The summed E-state index contributed by atoms with van der Waals surface area (Å²) in [6, 6.07) is 1.68. The topological polar surface area (TPSA) is 41.1 Å². The molecule has 0 saturated heterocycles. The van der Waals surface area contributed by atoms with Crippen molar-refractivity contribution >= 4 is 11.8 Å². The fraction of sp³-hybridized carbons (Fsp3) is 0.667. The highest BCUT2D eigenvalue weighted by atomic mass is 19.1. The van der Waals surface area contributed by atoms with Crippen molar-refractivity contribution in [2.75, 3.05) is 24.3 Å². The fourth-order valence-electron chi connectivity index (χ4n) is 2.08. The minimum Gasteiger partial charge on any atom is -0.364 e. The van der Waals surface area contributed by atoms with Gasteiger partial charge in [-0.2, -0.15) is 4.98 Å². The standard InChI is InChI=1S/C12H19FN4/c1-17(2)12-14-8-7-11(16-12)15-10-6-4-3-5-9(10)13/h7-10H,3-6H2,1-2H3,(H,14,15,16)/t9-,10-/m1/s1. The van der Waals surface area contributed by atoms with E-state index in [2.05, 4.69) is 15.3 Å². The zero-order chi connectivity index (χ0) is 12.3. The van der Waals surface area contributed by atoms with Crippen molar-refractivity contribution in [1.29, 1.82) is 0 Å². The number of hydrogen-bond donors (Lipinski definition) is 1. The van der Waals surface area contributed by atoms with E-state index in [1.54, 1.807) is 12.3 Å². The van der Waals surface area contributed by atoms with Gasteiger partial charge in [0.25, 0.3) is 0 Å². The first kappa shape index (κ1) is 12.1. The molecule has 2 atom stereocenters. The van der Waals surface area contributed by atoms with E-state index in [-0.39, 0.29) is 6.04 Å². The Morgan fingerprint density at radius 1 is 1.35 bits per heavy atom. The Bertz CT molecular complexity index is 369. The van der Waals surface area contributed by atoms with Gasteiger partial charge in [0.15, 0.2) is 0 Å². The maximum absolute atomic E-state index is 13.7. The van der Waals surface area contributed by atoms with Crippen molar-refractivity contribution in [3.63, 3.8) is 0 Å². The Morgan fingerprint density at radius 3 is 2.82 bits per heavy atom. The molecule has 0 spiro atoms. The van der Waals surface area contributed by atoms with Gasteiger partial charge in [0.1, 0.15) is 12.0 Å². The Labute approximate surface area is 101 Å². The van der Waals surface area contributed by atoms with E-state index in [9.17, 15) is 4.39 Å². The molecule has 94 valence electrons. The van der Waals surface area contributed by atoms with Gasteiger partial charge in [-0.25, -0.2) is 9.37 Å². The number of halogens is 1. The monoisotopic (exact) mass is 238 g/mol. The highest BCUT2D eigenvalue weighted by Crippen LogP contribution is 2.24. The average Bonchev–Trinajstić information content (AvgIpc) is 2.32. The van der Waals surface area contributed by atoms with Crippen LogP contribution in [0.5, 0.6) is 0 Å². The van der Waals surface area contributed by atoms with Gasteiger partial charge >= 0.3 is 0 Å². The van der Waals surface area contributed by atoms with Gasteiger partial charge < -0.3 is 10.2 Å². The lowest BCUT2D eigenvalue weighted by molar-refractivity contribution is 0.229. The lowest BCUT2D eigenvalue weighted by atomic mass is 9.94. The zero-order valence-electron chi connectivity index (χ0n) is 10.4. The summed E-state index contributed by atoms with van der Waals surface area (Å²) in [6.45, 7) is 0. The predicted octanol–water partition coefficient (Wildman–Crippen LogP) is 2.24. The quantitative estimate of drug-likeness (QED) is 0.876. The maximum Gasteiger partial charge on any atom is 0.226 e. The molecule has 0 radical (unpaired) electrons. The predicted molar refractivity (Wildman–Crippen MR) is 67.1 cm³/mol. The van der Waals surface area contributed by atoms with Crippen LogP contribution >= 0.6 is 0 Å². The first-order valence-corrected chi connectivity index (χ1v) is 6.08. The molecule has 1 heterocycles. The number of anilines is 2. The highest BCUT2D eigenvalue weighted by molar-refractivity contribution is 5.41. The minimum atomic E-state index is -0.762. The van der Waals surface area contributed by atoms with Crippen LogP contribution in [0.3, 0.4) is 0 Å². The van der Waals surface area contributed by atoms with Crippen LogP contribution in [-0.2, 0) is 0 Å². The molecule has 17 heavy (non-hydrogen) atoms. The van der Waals surface area contributed by atoms with Gasteiger partial charge in [0.05, 0.1) is 6.04 Å². The van der Waals surface area contributed by atoms with E-state index in [0.717, 1.165) is 19.3 Å². The molecule has 0 amide bonds. The molecule has 1 aromatic rings. The number of aromatic nitrogens is 2. The van der Waals surface area contributed by atoms with E-state index >= 15 is 0 Å². The Kier molecular flexibility index (Phi) is 3.76. The third-order valence-corrected chi connectivity index (χ3v) is 3.06. The van der Waals surface area contributed by atoms with Crippen LogP contribution in [0, 0.1) is 0 Å². The van der Waals surface area contributed by atoms with Crippen molar-refractivity contribution in [2.24, 2.45) is 0 Å². The van der Waals surface area contributed by atoms with Gasteiger partial charge in [-0.05, 0) is 18.9 Å². The molecule has 1 aliphatic rings. The van der Waals surface area contributed by atoms with E-state index in [4.69, 9.17) is 0 Å². The van der Waals surface area contributed by atoms with Crippen molar-refractivity contribution in [1.82, 2.24) is 9.97 Å². The molecule has 4 nitrogen and oxygen atoms in total. The van der Waals surface area contributed by atoms with Crippen LogP contribution in [0.15, 0.2) is 12.3 Å². The largest absolute Gasteiger partial charge is 0.364 e. The Morgan fingerprint density at radius 2 is 2.12 bits per heavy atom. The summed E-state index contributed by atoms with van der Waals surface area (Å²) in [6.07, 6.45) is 4.55. The van der Waals surface area contributed by atoms with E-state index in [0.29, 0.717) is 18.2 Å². The van der Waals surface area contributed by atoms with Crippen LogP contribution in [0.1, 0.15) is 25.7 Å². The van der Waals surface area contributed by atoms with Crippen molar-refractivity contribution in [3.8, 4) is 0 Å². The summed E-state index contributed by atoms with van der Waals surface area (Å²) in [5, 5.41) is 3.17. The number of alkyl halides is 1. The molecule has 1 fully saturated rings. The maximum atomic E-state index is 13.7. The number of hydrogen-bond acceptors (Lipinski definition) is 4. The van der Waals surface area contributed by atoms with Gasteiger partial charge in [0, 0.05) is 20.3 Å². The summed E-state index contributed by atoms with van der Waals surface area (Å²) in [4.78, 5) is 10.3. The molecule has 0 aliphatic heterocycles. The highest BCUT2D eigenvalue weighted by Gasteiger charge is 2.24. The molecule has 2 rings (SSSR count). The molecule has 1 N–H and O–H groups in total. The Balaban J connectivity index is 2.04. The first-order chi connectivity index (χ1) is 8.16. The molecule has 0 unspecified atom stereocenters. The third-order valence-electron chi connectivity index (χ3n) is 3.06. The second kappa shape index (κ2) is 5.29. The van der Waals surface area contributed by atoms with E-state index in [1.807, 2.05) is 19.0 Å². The molecule has 5 heteroatoms. The number of nitrogens with one attached hydrogen (secondary N) is 1. The second-order valence-electron chi connectivity index (χ2n) is 4.69. The van der Waals surface area contributed by atoms with E-state index < -0.39 is 6.17 Å².